The molecule has 0 fully saturated rings. The first-order chi connectivity index (χ1) is 15.2. The van der Waals surface area contributed by atoms with Gasteiger partial charge in [-0.1, -0.05) is 6.07 Å². The van der Waals surface area contributed by atoms with Crippen LogP contribution in [-0.2, 0) is 4.79 Å². The van der Waals surface area contributed by atoms with Crippen LogP contribution in [0.4, 0.5) is 19.6 Å². The normalized spacial score (nSPS) is 10.6. The molecule has 0 saturated heterocycles. The SMILES string of the molecule is Cc1sc(NC(=O)CNC(=O)c2cccc([N+](=O)[O-])c2)nc1-c1ccc(OC(F)F)cc1. The molecule has 3 aromatic rings. The number of nitrogens with one attached hydrogen (secondary N) is 2. The minimum absolute atomic E-state index is 0.0182. The Labute approximate surface area is 184 Å². The van der Waals surface area contributed by atoms with Gasteiger partial charge in [-0.05, 0) is 37.3 Å². The van der Waals surface area contributed by atoms with Crippen LogP contribution in [0.1, 0.15) is 15.2 Å². The van der Waals surface area contributed by atoms with Crippen molar-refractivity contribution in [2.24, 2.45) is 0 Å². The number of carbonyl (C=O) groups is 2. The molecular weight excluding hydrogens is 446 g/mol. The van der Waals surface area contributed by atoms with E-state index >= 15 is 0 Å². The van der Waals surface area contributed by atoms with Gasteiger partial charge in [-0.3, -0.25) is 19.7 Å². The molecule has 2 N–H and O–H groups in total. The number of carbonyl (C=O) groups excluding carboxylic acids is 2. The highest BCUT2D eigenvalue weighted by Crippen LogP contribution is 2.31. The van der Waals surface area contributed by atoms with E-state index in [1.54, 1.807) is 19.1 Å². The molecule has 12 heteroatoms. The van der Waals surface area contributed by atoms with Gasteiger partial charge < -0.3 is 15.4 Å². The molecule has 9 nitrogen and oxygen atoms in total. The number of amides is 2. The fourth-order valence-electron chi connectivity index (χ4n) is 2.70. The number of hydrogen-bond acceptors (Lipinski definition) is 7. The topological polar surface area (TPSA) is 123 Å². The summed E-state index contributed by atoms with van der Waals surface area (Å²) in [5.41, 5.74) is 1.04. The number of halogens is 2. The molecule has 32 heavy (non-hydrogen) atoms. The summed E-state index contributed by atoms with van der Waals surface area (Å²) in [5.74, 6) is -1.15. The highest BCUT2D eigenvalue weighted by molar-refractivity contribution is 7.16. The molecule has 1 heterocycles. The molecule has 0 unspecified atom stereocenters. The fourth-order valence-corrected chi connectivity index (χ4v) is 3.55. The van der Waals surface area contributed by atoms with E-state index in [1.807, 2.05) is 0 Å². The number of anilines is 1. The predicted octanol–water partition coefficient (Wildman–Crippen LogP) is 4.00. The van der Waals surface area contributed by atoms with E-state index in [9.17, 15) is 28.5 Å². The monoisotopic (exact) mass is 462 g/mol. The lowest BCUT2D eigenvalue weighted by Gasteiger charge is -2.05. The summed E-state index contributed by atoms with van der Waals surface area (Å²) >= 11 is 1.21. The Hall–Kier alpha value is -3.93. The third kappa shape index (κ3) is 5.82. The second kappa shape index (κ2) is 9.92. The average molecular weight is 462 g/mol. The summed E-state index contributed by atoms with van der Waals surface area (Å²) in [6.45, 7) is -1.49. The summed E-state index contributed by atoms with van der Waals surface area (Å²) < 4.78 is 28.8. The number of nitro groups is 1. The second-order valence-electron chi connectivity index (χ2n) is 6.36. The molecule has 1 aromatic heterocycles. The highest BCUT2D eigenvalue weighted by Gasteiger charge is 2.15. The summed E-state index contributed by atoms with van der Waals surface area (Å²) in [6, 6.07) is 11.1. The van der Waals surface area contributed by atoms with E-state index in [4.69, 9.17) is 0 Å². The van der Waals surface area contributed by atoms with Crippen molar-refractivity contribution in [3.63, 3.8) is 0 Å². The summed E-state index contributed by atoms with van der Waals surface area (Å²) in [7, 11) is 0. The number of rotatable bonds is 8. The first-order valence-electron chi connectivity index (χ1n) is 9.08. The number of nitrogens with zero attached hydrogens (tertiary/aromatic N) is 2. The highest BCUT2D eigenvalue weighted by atomic mass is 32.1. The fraction of sp³-hybridized carbons (Fsp3) is 0.150. The van der Waals surface area contributed by atoms with Gasteiger partial charge in [-0.15, -0.1) is 11.3 Å². The molecule has 3 rings (SSSR count). The van der Waals surface area contributed by atoms with Crippen LogP contribution in [0.15, 0.2) is 48.5 Å². The van der Waals surface area contributed by atoms with E-state index in [1.165, 1.54) is 41.7 Å². The molecule has 0 radical (unpaired) electrons. The average Bonchev–Trinajstić information content (AvgIpc) is 3.12. The number of non-ortho nitro benzene ring substituents is 1. The van der Waals surface area contributed by atoms with Gasteiger partial charge in [0.2, 0.25) is 5.91 Å². The third-order valence-corrected chi connectivity index (χ3v) is 5.01. The maximum Gasteiger partial charge on any atom is 0.387 e. The Bertz CT molecular complexity index is 1150. The zero-order chi connectivity index (χ0) is 23.3. The molecule has 0 aliphatic rings. The summed E-state index contributed by atoms with van der Waals surface area (Å²) in [4.78, 5) is 39.6. The van der Waals surface area contributed by atoms with Crippen LogP contribution >= 0.6 is 11.3 Å². The van der Waals surface area contributed by atoms with Crippen molar-refractivity contribution in [3.05, 3.63) is 69.1 Å². The molecule has 0 aliphatic carbocycles. The summed E-state index contributed by atoms with van der Waals surface area (Å²) in [5, 5.41) is 16.1. The van der Waals surface area contributed by atoms with E-state index in [2.05, 4.69) is 20.4 Å². The van der Waals surface area contributed by atoms with Crippen molar-refractivity contribution in [2.75, 3.05) is 11.9 Å². The number of thiazole rings is 1. The van der Waals surface area contributed by atoms with Crippen LogP contribution in [0.25, 0.3) is 11.3 Å². The lowest BCUT2D eigenvalue weighted by atomic mass is 10.1. The number of aromatic nitrogens is 1. The zero-order valence-corrected chi connectivity index (χ0v) is 17.3. The van der Waals surface area contributed by atoms with Crippen molar-refractivity contribution in [1.29, 1.82) is 0 Å². The standard InChI is InChI=1S/C20H16F2N4O5S/c1-11-17(12-5-7-15(8-6-12)31-19(21)22)25-20(32-11)24-16(27)10-23-18(28)13-3-2-4-14(9-13)26(29)30/h2-9,19H,10H2,1H3,(H,23,28)(H,24,25,27). The first-order valence-corrected chi connectivity index (χ1v) is 9.90. The van der Waals surface area contributed by atoms with Gasteiger partial charge in [0.1, 0.15) is 5.75 Å². The van der Waals surface area contributed by atoms with Gasteiger partial charge in [-0.25, -0.2) is 4.98 Å². The number of alkyl halides is 2. The first kappa shape index (κ1) is 22.7. The lowest BCUT2D eigenvalue weighted by Crippen LogP contribution is -2.32. The maximum atomic E-state index is 12.3. The van der Waals surface area contributed by atoms with Crippen LogP contribution in [0.2, 0.25) is 0 Å². The van der Waals surface area contributed by atoms with Crippen molar-refractivity contribution in [3.8, 4) is 17.0 Å². The van der Waals surface area contributed by atoms with Gasteiger partial charge in [0.15, 0.2) is 5.13 Å². The molecule has 0 spiro atoms. The van der Waals surface area contributed by atoms with E-state index in [0.717, 1.165) is 10.9 Å². The Morgan fingerprint density at radius 2 is 1.94 bits per heavy atom. The van der Waals surface area contributed by atoms with Crippen LogP contribution in [0, 0.1) is 17.0 Å². The van der Waals surface area contributed by atoms with Gasteiger partial charge >= 0.3 is 6.61 Å². The Morgan fingerprint density at radius 1 is 1.22 bits per heavy atom. The second-order valence-corrected chi connectivity index (χ2v) is 7.57. The lowest BCUT2D eigenvalue weighted by molar-refractivity contribution is -0.384. The maximum absolute atomic E-state index is 12.3. The third-order valence-electron chi connectivity index (χ3n) is 4.12. The van der Waals surface area contributed by atoms with Crippen molar-refractivity contribution >= 4 is 34.0 Å². The van der Waals surface area contributed by atoms with Gasteiger partial charge in [0.25, 0.3) is 11.6 Å². The molecule has 2 amide bonds. The summed E-state index contributed by atoms with van der Waals surface area (Å²) in [6.07, 6.45) is 0. The van der Waals surface area contributed by atoms with Crippen LogP contribution in [-0.4, -0.2) is 34.9 Å². The molecule has 2 aromatic carbocycles. The smallest absolute Gasteiger partial charge is 0.387 e. The molecule has 0 aliphatic heterocycles. The minimum atomic E-state index is -2.92. The number of ether oxygens (including phenoxy) is 1. The van der Waals surface area contributed by atoms with E-state index in [-0.39, 0.29) is 23.5 Å². The predicted molar refractivity (Wildman–Crippen MR) is 113 cm³/mol. The number of hydrogen-bond donors (Lipinski definition) is 2. The zero-order valence-electron chi connectivity index (χ0n) is 16.5. The molecular formula is C20H16F2N4O5S. The molecule has 0 saturated carbocycles. The number of nitro benzene ring substituents is 1. The number of aryl methyl sites for hydroxylation is 1. The minimum Gasteiger partial charge on any atom is -0.435 e. The van der Waals surface area contributed by atoms with Crippen molar-refractivity contribution in [1.82, 2.24) is 10.3 Å². The molecule has 0 bridgehead atoms. The molecule has 166 valence electrons. The van der Waals surface area contributed by atoms with Crippen LogP contribution < -0.4 is 15.4 Å². The largest absolute Gasteiger partial charge is 0.435 e. The van der Waals surface area contributed by atoms with Crippen molar-refractivity contribution in [2.45, 2.75) is 13.5 Å². The Balaban J connectivity index is 1.59. The van der Waals surface area contributed by atoms with E-state index < -0.39 is 23.3 Å². The van der Waals surface area contributed by atoms with E-state index in [0.29, 0.717) is 16.4 Å². The van der Waals surface area contributed by atoms with Crippen molar-refractivity contribution < 1.29 is 28.0 Å². The van der Waals surface area contributed by atoms with Crippen LogP contribution in [0.3, 0.4) is 0 Å². The number of benzene rings is 2. The van der Waals surface area contributed by atoms with Gasteiger partial charge in [0.05, 0.1) is 17.2 Å². The van der Waals surface area contributed by atoms with Gasteiger partial charge in [0, 0.05) is 28.1 Å². The molecule has 0 atom stereocenters. The quantitative estimate of drug-likeness (QED) is 0.385. The van der Waals surface area contributed by atoms with Gasteiger partial charge in [-0.2, -0.15) is 8.78 Å². The Kier molecular flexibility index (Phi) is 7.05. The Morgan fingerprint density at radius 3 is 2.59 bits per heavy atom. The van der Waals surface area contributed by atoms with Crippen LogP contribution in [0.5, 0.6) is 5.75 Å².